The zero-order valence-electron chi connectivity index (χ0n) is 18.8. The molecule has 2 aromatic carbocycles. The van der Waals surface area contributed by atoms with E-state index in [0.29, 0.717) is 6.42 Å². The van der Waals surface area contributed by atoms with Gasteiger partial charge < -0.3 is 10.1 Å². The van der Waals surface area contributed by atoms with Gasteiger partial charge in [-0.05, 0) is 37.5 Å². The molecule has 3 atom stereocenters. The topological polar surface area (TPSA) is 94.8 Å². The molecule has 1 amide bonds. The van der Waals surface area contributed by atoms with Gasteiger partial charge in [0.25, 0.3) is 5.91 Å². The van der Waals surface area contributed by atoms with E-state index in [0.717, 1.165) is 11.3 Å². The first-order valence-corrected chi connectivity index (χ1v) is 10.7. The molecule has 1 heterocycles. The monoisotopic (exact) mass is 432 g/mol. The van der Waals surface area contributed by atoms with Gasteiger partial charge in [-0.1, -0.05) is 62.4 Å². The summed E-state index contributed by atoms with van der Waals surface area (Å²) in [5.41, 5.74) is 1.08. The van der Waals surface area contributed by atoms with Crippen molar-refractivity contribution in [3.63, 3.8) is 0 Å². The SMILES string of the molecule is CC(C)[C@@](C)(C#N)NC(=O)[C@H](C)OC(=O)C1=NN(c2ccccc2)[C@@H](c2ccccc2)C1. The second kappa shape index (κ2) is 9.65. The number of nitrogens with one attached hydrogen (secondary N) is 1. The highest BCUT2D eigenvalue weighted by atomic mass is 16.5. The van der Waals surface area contributed by atoms with Gasteiger partial charge in [-0.3, -0.25) is 9.80 Å². The lowest BCUT2D eigenvalue weighted by Crippen LogP contribution is -2.52. The van der Waals surface area contributed by atoms with Crippen LogP contribution >= 0.6 is 0 Å². The molecule has 0 spiro atoms. The highest BCUT2D eigenvalue weighted by Gasteiger charge is 2.36. The van der Waals surface area contributed by atoms with E-state index < -0.39 is 23.5 Å². The highest BCUT2D eigenvalue weighted by molar-refractivity contribution is 6.37. The van der Waals surface area contributed by atoms with Gasteiger partial charge in [0.2, 0.25) is 0 Å². The Labute approximate surface area is 188 Å². The van der Waals surface area contributed by atoms with Crippen molar-refractivity contribution >= 4 is 23.3 Å². The largest absolute Gasteiger partial charge is 0.448 e. The molecule has 0 saturated heterocycles. The number of para-hydroxylation sites is 1. The molecule has 1 N–H and O–H groups in total. The van der Waals surface area contributed by atoms with Crippen molar-refractivity contribution < 1.29 is 14.3 Å². The van der Waals surface area contributed by atoms with Crippen LogP contribution in [-0.2, 0) is 14.3 Å². The highest BCUT2D eigenvalue weighted by Crippen LogP contribution is 2.35. The van der Waals surface area contributed by atoms with Crippen molar-refractivity contribution in [2.24, 2.45) is 11.0 Å². The number of hydrogen-bond donors (Lipinski definition) is 1. The molecule has 2 aromatic rings. The smallest absolute Gasteiger partial charge is 0.355 e. The summed E-state index contributed by atoms with van der Waals surface area (Å²) >= 11 is 0. The van der Waals surface area contributed by atoms with Gasteiger partial charge in [0.05, 0.1) is 17.8 Å². The molecule has 0 fully saturated rings. The van der Waals surface area contributed by atoms with Crippen LogP contribution < -0.4 is 10.3 Å². The molecule has 0 aromatic heterocycles. The van der Waals surface area contributed by atoms with E-state index in [2.05, 4.69) is 16.5 Å². The van der Waals surface area contributed by atoms with Crippen LogP contribution in [0.3, 0.4) is 0 Å². The number of anilines is 1. The van der Waals surface area contributed by atoms with Crippen molar-refractivity contribution in [1.29, 1.82) is 5.26 Å². The van der Waals surface area contributed by atoms with Crippen LogP contribution in [0, 0.1) is 17.2 Å². The fraction of sp³-hybridized carbons (Fsp3) is 0.360. The average molecular weight is 433 g/mol. The molecule has 0 saturated carbocycles. The van der Waals surface area contributed by atoms with Crippen LogP contribution in [0.4, 0.5) is 5.69 Å². The minimum Gasteiger partial charge on any atom is -0.448 e. The molecule has 7 heteroatoms. The van der Waals surface area contributed by atoms with Gasteiger partial charge in [-0.15, -0.1) is 0 Å². The summed E-state index contributed by atoms with van der Waals surface area (Å²) in [6, 6.07) is 21.4. The first kappa shape index (κ1) is 23.0. The third kappa shape index (κ3) is 4.97. The fourth-order valence-electron chi connectivity index (χ4n) is 3.33. The Balaban J connectivity index is 1.76. The summed E-state index contributed by atoms with van der Waals surface area (Å²) in [7, 11) is 0. The third-order valence-electron chi connectivity index (χ3n) is 5.77. The van der Waals surface area contributed by atoms with Crippen LogP contribution in [-0.4, -0.2) is 29.2 Å². The van der Waals surface area contributed by atoms with Crippen LogP contribution in [0.25, 0.3) is 0 Å². The van der Waals surface area contributed by atoms with Gasteiger partial charge in [0.15, 0.2) is 6.10 Å². The van der Waals surface area contributed by atoms with E-state index in [1.165, 1.54) is 6.92 Å². The number of benzene rings is 2. The minimum atomic E-state index is -1.06. The molecule has 0 unspecified atom stereocenters. The molecule has 7 nitrogen and oxygen atoms in total. The normalized spacial score (nSPS) is 18.3. The molecule has 166 valence electrons. The van der Waals surface area contributed by atoms with E-state index in [1.54, 1.807) is 6.92 Å². The van der Waals surface area contributed by atoms with E-state index in [-0.39, 0.29) is 17.7 Å². The predicted octanol–water partition coefficient (Wildman–Crippen LogP) is 3.98. The average Bonchev–Trinajstić information content (AvgIpc) is 3.25. The predicted molar refractivity (Wildman–Crippen MR) is 123 cm³/mol. The molecule has 0 aliphatic carbocycles. The lowest BCUT2D eigenvalue weighted by molar-refractivity contribution is -0.149. The van der Waals surface area contributed by atoms with Gasteiger partial charge in [-0.2, -0.15) is 10.4 Å². The van der Waals surface area contributed by atoms with E-state index in [9.17, 15) is 14.9 Å². The maximum Gasteiger partial charge on any atom is 0.355 e. The van der Waals surface area contributed by atoms with Crippen molar-refractivity contribution in [2.75, 3.05) is 5.01 Å². The number of amides is 1. The van der Waals surface area contributed by atoms with Crippen molar-refractivity contribution in [3.05, 3.63) is 66.2 Å². The van der Waals surface area contributed by atoms with E-state index >= 15 is 0 Å². The van der Waals surface area contributed by atoms with Gasteiger partial charge in [-0.25, -0.2) is 4.79 Å². The van der Waals surface area contributed by atoms with E-state index in [1.807, 2.05) is 79.5 Å². The fourth-order valence-corrected chi connectivity index (χ4v) is 3.33. The molecule has 1 aliphatic rings. The Morgan fingerprint density at radius 1 is 1.12 bits per heavy atom. The van der Waals surface area contributed by atoms with Crippen LogP contribution in [0.15, 0.2) is 65.8 Å². The standard InChI is InChI=1S/C25H28N4O3/c1-17(2)25(4,16-26)27-23(30)18(3)32-24(31)21-15-22(19-11-7-5-8-12-19)29(28-21)20-13-9-6-10-14-20/h5-14,17-18,22H,15H2,1-4H3,(H,27,30)/t18-,22+,25+/m0/s1. The lowest BCUT2D eigenvalue weighted by Gasteiger charge is -2.28. The minimum absolute atomic E-state index is 0.107. The summed E-state index contributed by atoms with van der Waals surface area (Å²) in [6.45, 7) is 6.82. The number of rotatable bonds is 7. The third-order valence-corrected chi connectivity index (χ3v) is 5.77. The van der Waals surface area contributed by atoms with Gasteiger partial charge >= 0.3 is 5.97 Å². The second-order valence-corrected chi connectivity index (χ2v) is 8.36. The lowest BCUT2D eigenvalue weighted by atomic mass is 9.90. The summed E-state index contributed by atoms with van der Waals surface area (Å²) in [5, 5.41) is 18.4. The van der Waals surface area contributed by atoms with Crippen molar-refractivity contribution in [2.45, 2.75) is 51.8 Å². The van der Waals surface area contributed by atoms with Gasteiger partial charge in [0, 0.05) is 6.42 Å². The molecular formula is C25H28N4O3. The summed E-state index contributed by atoms with van der Waals surface area (Å²) in [4.78, 5) is 25.4. The van der Waals surface area contributed by atoms with Crippen LogP contribution in [0.2, 0.25) is 0 Å². The van der Waals surface area contributed by atoms with Crippen LogP contribution in [0.5, 0.6) is 0 Å². The molecular weight excluding hydrogens is 404 g/mol. The number of carbonyl (C=O) groups excluding carboxylic acids is 2. The number of hydrazone groups is 1. The molecule has 0 bridgehead atoms. The number of nitrogens with zero attached hydrogens (tertiary/aromatic N) is 3. The maximum absolute atomic E-state index is 12.9. The molecule has 3 rings (SSSR count). The quantitative estimate of drug-likeness (QED) is 0.668. The molecule has 32 heavy (non-hydrogen) atoms. The number of hydrogen-bond acceptors (Lipinski definition) is 6. The Kier molecular flexibility index (Phi) is 6.94. The Morgan fingerprint density at radius 2 is 1.72 bits per heavy atom. The number of esters is 1. The number of nitriles is 1. The molecule has 1 aliphatic heterocycles. The van der Waals surface area contributed by atoms with Crippen molar-refractivity contribution in [3.8, 4) is 6.07 Å². The Morgan fingerprint density at radius 3 is 2.28 bits per heavy atom. The maximum atomic E-state index is 12.9. The van der Waals surface area contributed by atoms with Crippen molar-refractivity contribution in [1.82, 2.24) is 5.32 Å². The Hall–Kier alpha value is -3.66. The molecule has 0 radical (unpaired) electrons. The van der Waals surface area contributed by atoms with Crippen LogP contribution in [0.1, 0.15) is 45.7 Å². The number of ether oxygens (including phenoxy) is 1. The van der Waals surface area contributed by atoms with E-state index in [4.69, 9.17) is 4.74 Å². The zero-order chi connectivity index (χ0) is 23.3. The first-order valence-electron chi connectivity index (χ1n) is 10.7. The summed E-state index contributed by atoms with van der Waals surface area (Å²) in [6.07, 6.45) is -0.703. The van der Waals surface area contributed by atoms with Gasteiger partial charge in [0.1, 0.15) is 11.3 Å². The summed E-state index contributed by atoms with van der Waals surface area (Å²) in [5.74, 6) is -1.27. The second-order valence-electron chi connectivity index (χ2n) is 8.36. The first-order chi connectivity index (χ1) is 15.2. The zero-order valence-corrected chi connectivity index (χ0v) is 18.8. The Bertz CT molecular complexity index is 1030. The number of carbonyl (C=O) groups is 2. The summed E-state index contributed by atoms with van der Waals surface area (Å²) < 4.78 is 5.42.